The molecule has 1 aliphatic carbocycles. The van der Waals surface area contributed by atoms with Gasteiger partial charge in [0.1, 0.15) is 16.8 Å². The van der Waals surface area contributed by atoms with E-state index < -0.39 is 0 Å². The van der Waals surface area contributed by atoms with Gasteiger partial charge < -0.3 is 4.90 Å². The Hall–Kier alpha value is -2.12. The van der Waals surface area contributed by atoms with Crippen molar-refractivity contribution in [3.8, 4) is 6.07 Å². The van der Waals surface area contributed by atoms with E-state index in [1.54, 1.807) is 12.1 Å². The zero-order valence-corrected chi connectivity index (χ0v) is 11.8. The van der Waals surface area contributed by atoms with E-state index in [9.17, 15) is 0 Å². The molecule has 1 aliphatic rings. The lowest BCUT2D eigenvalue weighted by atomic mass is 10.2. The van der Waals surface area contributed by atoms with Crippen molar-refractivity contribution in [3.05, 3.63) is 46.9 Å². The molecule has 4 nitrogen and oxygen atoms in total. The fourth-order valence-electron chi connectivity index (χ4n) is 2.04. The Morgan fingerprint density at radius 2 is 2.10 bits per heavy atom. The average Bonchev–Trinajstić information content (AvgIpc) is 3.30. The highest BCUT2D eigenvalue weighted by molar-refractivity contribution is 6.29. The first-order valence-electron chi connectivity index (χ1n) is 6.46. The molecular weight excluding hydrogens is 272 g/mol. The summed E-state index contributed by atoms with van der Waals surface area (Å²) in [4.78, 5) is 10.8. The molecule has 100 valence electrons. The number of benzene rings is 1. The smallest absolute Gasteiger partial charge is 0.137 e. The van der Waals surface area contributed by atoms with Crippen LogP contribution < -0.4 is 4.90 Å². The predicted molar refractivity (Wildman–Crippen MR) is 78.2 cm³/mol. The predicted octanol–water partition coefficient (Wildman–Crippen LogP) is 3.65. The highest BCUT2D eigenvalue weighted by Crippen LogP contribution is 2.39. The van der Waals surface area contributed by atoms with Crippen LogP contribution >= 0.6 is 11.6 Å². The molecule has 3 rings (SSSR count). The summed E-state index contributed by atoms with van der Waals surface area (Å²) in [7, 11) is 1.91. The van der Waals surface area contributed by atoms with Crippen molar-refractivity contribution in [2.24, 2.45) is 0 Å². The topological polar surface area (TPSA) is 52.8 Å². The maximum absolute atomic E-state index is 8.97. The summed E-state index contributed by atoms with van der Waals surface area (Å²) in [6.07, 6.45) is 2.26. The van der Waals surface area contributed by atoms with Gasteiger partial charge in [-0.3, -0.25) is 0 Å². The van der Waals surface area contributed by atoms with Crippen molar-refractivity contribution in [1.29, 1.82) is 5.26 Å². The minimum Gasteiger partial charge on any atom is -0.329 e. The van der Waals surface area contributed by atoms with E-state index in [0.717, 1.165) is 30.2 Å². The van der Waals surface area contributed by atoms with Gasteiger partial charge in [0.05, 0.1) is 11.6 Å². The van der Waals surface area contributed by atoms with E-state index in [4.69, 9.17) is 16.9 Å². The van der Waals surface area contributed by atoms with Crippen LogP contribution in [0.1, 0.15) is 30.1 Å². The molecule has 20 heavy (non-hydrogen) atoms. The lowest BCUT2D eigenvalue weighted by Gasteiger charge is -2.19. The van der Waals surface area contributed by atoms with E-state index in [2.05, 4.69) is 16.0 Å². The van der Waals surface area contributed by atoms with Gasteiger partial charge in [-0.25, -0.2) is 9.97 Å². The van der Waals surface area contributed by atoms with E-state index in [1.165, 1.54) is 0 Å². The first-order chi connectivity index (χ1) is 9.67. The molecule has 1 fully saturated rings. The second kappa shape index (κ2) is 5.10. The van der Waals surface area contributed by atoms with E-state index >= 15 is 0 Å². The zero-order valence-electron chi connectivity index (χ0n) is 11.0. The summed E-state index contributed by atoms with van der Waals surface area (Å²) >= 11 is 6.08. The number of anilines is 2. The molecule has 1 heterocycles. The summed E-state index contributed by atoms with van der Waals surface area (Å²) in [5.74, 6) is 2.02. The number of nitrogens with zero attached hydrogens (tertiary/aromatic N) is 4. The summed E-state index contributed by atoms with van der Waals surface area (Å²) in [5, 5.41) is 9.43. The molecule has 1 saturated carbocycles. The Labute approximate surface area is 122 Å². The Kier molecular flexibility index (Phi) is 3.29. The lowest BCUT2D eigenvalue weighted by Crippen LogP contribution is -2.12. The number of rotatable bonds is 3. The third-order valence-electron chi connectivity index (χ3n) is 3.35. The fourth-order valence-corrected chi connectivity index (χ4v) is 2.22. The van der Waals surface area contributed by atoms with Crippen LogP contribution in [0, 0.1) is 11.3 Å². The molecule has 0 bridgehead atoms. The van der Waals surface area contributed by atoms with Crippen LogP contribution in [0.5, 0.6) is 0 Å². The largest absolute Gasteiger partial charge is 0.329 e. The van der Waals surface area contributed by atoms with Gasteiger partial charge >= 0.3 is 0 Å². The van der Waals surface area contributed by atoms with Crippen LogP contribution in [0.15, 0.2) is 30.3 Å². The van der Waals surface area contributed by atoms with Gasteiger partial charge in [0.2, 0.25) is 0 Å². The number of hydrogen-bond donors (Lipinski definition) is 0. The van der Waals surface area contributed by atoms with Gasteiger partial charge in [-0.15, -0.1) is 0 Å². The van der Waals surface area contributed by atoms with Gasteiger partial charge in [-0.2, -0.15) is 5.26 Å². The number of hydrogen-bond acceptors (Lipinski definition) is 4. The van der Waals surface area contributed by atoms with Crippen LogP contribution in [0.2, 0.25) is 5.15 Å². The maximum Gasteiger partial charge on any atom is 0.137 e. The molecule has 0 unspecified atom stereocenters. The summed E-state index contributed by atoms with van der Waals surface area (Å²) < 4.78 is 0. The van der Waals surface area contributed by atoms with Gasteiger partial charge in [0.25, 0.3) is 0 Å². The first kappa shape index (κ1) is 12.9. The molecule has 5 heteroatoms. The van der Waals surface area contributed by atoms with Crippen LogP contribution in [0.3, 0.4) is 0 Å². The molecule has 0 aliphatic heterocycles. The fraction of sp³-hybridized carbons (Fsp3) is 0.267. The second-order valence-corrected chi connectivity index (χ2v) is 5.29. The zero-order chi connectivity index (χ0) is 14.1. The molecule has 0 spiro atoms. The molecule has 2 aromatic rings. The Morgan fingerprint density at radius 3 is 2.80 bits per heavy atom. The summed E-state index contributed by atoms with van der Waals surface area (Å²) in [6.45, 7) is 0. The quantitative estimate of drug-likeness (QED) is 0.807. The van der Waals surface area contributed by atoms with Crippen LogP contribution in [0.4, 0.5) is 11.5 Å². The van der Waals surface area contributed by atoms with Crippen molar-refractivity contribution in [2.75, 3.05) is 11.9 Å². The monoisotopic (exact) mass is 284 g/mol. The van der Waals surface area contributed by atoms with E-state index in [-0.39, 0.29) is 0 Å². The number of nitriles is 1. The van der Waals surface area contributed by atoms with Crippen LogP contribution in [-0.2, 0) is 0 Å². The van der Waals surface area contributed by atoms with Crippen molar-refractivity contribution >= 4 is 23.1 Å². The first-order valence-corrected chi connectivity index (χ1v) is 6.83. The van der Waals surface area contributed by atoms with Crippen molar-refractivity contribution in [3.63, 3.8) is 0 Å². The molecule has 0 atom stereocenters. The molecule has 0 amide bonds. The number of aromatic nitrogens is 2. The van der Waals surface area contributed by atoms with Crippen molar-refractivity contribution in [2.45, 2.75) is 18.8 Å². The Bertz CT molecular complexity index is 689. The SMILES string of the molecule is CN(c1cccc(C#N)c1)c1cc(Cl)nc(C2CC2)n1. The molecule has 0 radical (unpaired) electrons. The molecular formula is C15H13ClN4. The minimum absolute atomic E-state index is 0.450. The van der Waals surface area contributed by atoms with Crippen molar-refractivity contribution in [1.82, 2.24) is 9.97 Å². The van der Waals surface area contributed by atoms with Gasteiger partial charge in [-0.05, 0) is 31.0 Å². The lowest BCUT2D eigenvalue weighted by molar-refractivity contribution is 0.914. The van der Waals surface area contributed by atoms with Crippen molar-refractivity contribution < 1.29 is 0 Å². The standard InChI is InChI=1S/C15H13ClN4/c1-20(12-4-2-3-10(7-12)9-17)14-8-13(16)18-15(19-14)11-5-6-11/h2-4,7-8,11H,5-6H2,1H3. The van der Waals surface area contributed by atoms with Gasteiger partial charge in [0.15, 0.2) is 0 Å². The molecule has 0 N–H and O–H groups in total. The van der Waals surface area contributed by atoms with Gasteiger partial charge in [-0.1, -0.05) is 17.7 Å². The Balaban J connectivity index is 1.97. The molecule has 1 aromatic carbocycles. The third kappa shape index (κ3) is 2.59. The molecule has 1 aromatic heterocycles. The molecule has 0 saturated heterocycles. The normalized spacial score (nSPS) is 13.8. The average molecular weight is 285 g/mol. The van der Waals surface area contributed by atoms with Gasteiger partial charge in [0, 0.05) is 24.7 Å². The van der Waals surface area contributed by atoms with Crippen LogP contribution in [0.25, 0.3) is 0 Å². The maximum atomic E-state index is 8.97. The van der Waals surface area contributed by atoms with E-state index in [0.29, 0.717) is 16.6 Å². The van der Waals surface area contributed by atoms with Crippen LogP contribution in [-0.4, -0.2) is 17.0 Å². The summed E-state index contributed by atoms with van der Waals surface area (Å²) in [5.41, 5.74) is 1.53. The highest BCUT2D eigenvalue weighted by Gasteiger charge is 2.27. The number of halogens is 1. The summed E-state index contributed by atoms with van der Waals surface area (Å²) in [6, 6.07) is 11.3. The second-order valence-electron chi connectivity index (χ2n) is 4.90. The minimum atomic E-state index is 0.450. The highest BCUT2D eigenvalue weighted by atomic mass is 35.5. The third-order valence-corrected chi connectivity index (χ3v) is 3.54. The van der Waals surface area contributed by atoms with E-state index in [1.807, 2.05) is 30.1 Å². The Morgan fingerprint density at radius 1 is 1.30 bits per heavy atom.